The summed E-state index contributed by atoms with van der Waals surface area (Å²) in [5.41, 5.74) is 4.40. The number of rotatable bonds is 5. The number of carboxylic acid groups (broad SMARTS) is 1. The van der Waals surface area contributed by atoms with Crippen LogP contribution in [-0.4, -0.2) is 27.6 Å². The minimum Gasteiger partial charge on any atom is -0.476 e. The van der Waals surface area contributed by atoms with E-state index in [1.807, 2.05) is 5.38 Å². The normalized spacial score (nSPS) is 10.2. The zero-order valence-corrected chi connectivity index (χ0v) is 9.85. The van der Waals surface area contributed by atoms with Gasteiger partial charge in [0.15, 0.2) is 5.69 Å². The van der Waals surface area contributed by atoms with E-state index in [0.717, 1.165) is 12.1 Å². The monoisotopic (exact) mass is 255 g/mol. The molecule has 5 nitrogen and oxygen atoms in total. The van der Waals surface area contributed by atoms with E-state index in [1.54, 1.807) is 16.8 Å². The number of nitrogens with zero attached hydrogens (tertiary/aromatic N) is 2. The quantitative estimate of drug-likeness (QED) is 0.854. The van der Waals surface area contributed by atoms with Crippen molar-refractivity contribution in [2.75, 3.05) is 11.9 Å². The molecule has 2 N–H and O–H groups in total. The van der Waals surface area contributed by atoms with Crippen molar-refractivity contribution < 1.29 is 9.90 Å². The van der Waals surface area contributed by atoms with Crippen molar-refractivity contribution in [2.24, 2.45) is 0 Å². The standard InChI is InChI=1S/C9H9N3O2S2/c13-9(14)7-8(16-5-12-7)10-2-1-6-3-15-4-11-6/h3-5,10H,1-2H2,(H,13,14). The molecule has 0 spiro atoms. The van der Waals surface area contributed by atoms with E-state index in [4.69, 9.17) is 5.11 Å². The first kappa shape index (κ1) is 11.0. The lowest BCUT2D eigenvalue weighted by molar-refractivity contribution is 0.0692. The molecular weight excluding hydrogens is 246 g/mol. The molecule has 0 saturated heterocycles. The van der Waals surface area contributed by atoms with Crippen molar-refractivity contribution in [2.45, 2.75) is 6.42 Å². The number of hydrogen-bond donors (Lipinski definition) is 2. The van der Waals surface area contributed by atoms with Crippen LogP contribution in [0.3, 0.4) is 0 Å². The second-order valence-corrected chi connectivity index (χ2v) is 4.57. The minimum absolute atomic E-state index is 0.0864. The summed E-state index contributed by atoms with van der Waals surface area (Å²) in [5, 5.41) is 14.5. The predicted octanol–water partition coefficient (Wildman–Crippen LogP) is 1.95. The Balaban J connectivity index is 1.90. The van der Waals surface area contributed by atoms with Crippen LogP contribution in [0.5, 0.6) is 0 Å². The predicted molar refractivity (Wildman–Crippen MR) is 63.4 cm³/mol. The number of carboxylic acids is 1. The summed E-state index contributed by atoms with van der Waals surface area (Å²) in [7, 11) is 0. The fourth-order valence-corrected chi connectivity index (χ4v) is 2.48. The molecule has 0 radical (unpaired) electrons. The summed E-state index contributed by atoms with van der Waals surface area (Å²) in [5.74, 6) is -1.00. The maximum absolute atomic E-state index is 10.8. The SMILES string of the molecule is O=C(O)c1ncsc1NCCc1cscn1. The van der Waals surface area contributed by atoms with Gasteiger partial charge in [0.25, 0.3) is 0 Å². The first-order valence-corrected chi connectivity index (χ1v) is 6.37. The van der Waals surface area contributed by atoms with Gasteiger partial charge in [0.05, 0.1) is 16.7 Å². The number of nitrogens with one attached hydrogen (secondary N) is 1. The van der Waals surface area contributed by atoms with Gasteiger partial charge in [-0.25, -0.2) is 14.8 Å². The number of aromatic carboxylic acids is 1. The van der Waals surface area contributed by atoms with Gasteiger partial charge in [0.2, 0.25) is 0 Å². The Labute approximate surface area is 99.8 Å². The summed E-state index contributed by atoms with van der Waals surface area (Å²) in [6, 6.07) is 0. The van der Waals surface area contributed by atoms with Crippen molar-refractivity contribution in [1.82, 2.24) is 9.97 Å². The molecule has 0 aliphatic rings. The van der Waals surface area contributed by atoms with Crippen LogP contribution >= 0.6 is 22.7 Å². The molecule has 0 amide bonds. The summed E-state index contributed by atoms with van der Waals surface area (Å²) in [6.45, 7) is 0.659. The van der Waals surface area contributed by atoms with Crippen LogP contribution in [-0.2, 0) is 6.42 Å². The largest absolute Gasteiger partial charge is 0.476 e. The molecule has 7 heteroatoms. The van der Waals surface area contributed by atoms with Crippen molar-refractivity contribution in [3.63, 3.8) is 0 Å². The minimum atomic E-state index is -1.00. The van der Waals surface area contributed by atoms with Gasteiger partial charge in [-0.05, 0) is 0 Å². The van der Waals surface area contributed by atoms with E-state index in [2.05, 4.69) is 15.3 Å². The van der Waals surface area contributed by atoms with Gasteiger partial charge in [-0.3, -0.25) is 0 Å². The summed E-state index contributed by atoms with van der Waals surface area (Å²) < 4.78 is 0. The van der Waals surface area contributed by atoms with Gasteiger partial charge in [0.1, 0.15) is 5.00 Å². The molecule has 0 bridgehead atoms. The Bertz CT molecular complexity index is 467. The maximum Gasteiger partial charge on any atom is 0.357 e. The lowest BCUT2D eigenvalue weighted by Crippen LogP contribution is -2.08. The van der Waals surface area contributed by atoms with Crippen LogP contribution in [0.15, 0.2) is 16.4 Å². The van der Waals surface area contributed by atoms with Crippen LogP contribution in [0.4, 0.5) is 5.00 Å². The van der Waals surface area contributed by atoms with Crippen LogP contribution in [0.1, 0.15) is 16.2 Å². The number of hydrogen-bond acceptors (Lipinski definition) is 6. The van der Waals surface area contributed by atoms with E-state index >= 15 is 0 Å². The molecule has 0 aliphatic heterocycles. The number of carbonyl (C=O) groups is 1. The molecule has 0 saturated carbocycles. The Morgan fingerprint density at radius 2 is 2.31 bits per heavy atom. The second kappa shape index (κ2) is 5.04. The van der Waals surface area contributed by atoms with E-state index in [0.29, 0.717) is 11.5 Å². The van der Waals surface area contributed by atoms with Crippen molar-refractivity contribution in [3.8, 4) is 0 Å². The maximum atomic E-state index is 10.8. The van der Waals surface area contributed by atoms with Crippen LogP contribution in [0.25, 0.3) is 0 Å². The molecule has 2 heterocycles. The lowest BCUT2D eigenvalue weighted by atomic mass is 10.3. The molecule has 0 atom stereocenters. The first-order valence-electron chi connectivity index (χ1n) is 4.55. The number of aromatic nitrogens is 2. The number of anilines is 1. The third-order valence-corrected chi connectivity index (χ3v) is 3.34. The third kappa shape index (κ3) is 2.56. The average molecular weight is 255 g/mol. The molecule has 2 aromatic rings. The highest BCUT2D eigenvalue weighted by molar-refractivity contribution is 7.14. The molecule has 2 rings (SSSR count). The zero-order valence-electron chi connectivity index (χ0n) is 8.21. The highest BCUT2D eigenvalue weighted by Gasteiger charge is 2.12. The second-order valence-electron chi connectivity index (χ2n) is 2.99. The van der Waals surface area contributed by atoms with Gasteiger partial charge in [0, 0.05) is 18.3 Å². The van der Waals surface area contributed by atoms with Gasteiger partial charge in [-0.1, -0.05) is 0 Å². The fourth-order valence-electron chi connectivity index (χ4n) is 1.19. The van der Waals surface area contributed by atoms with Crippen molar-refractivity contribution in [1.29, 1.82) is 0 Å². The third-order valence-electron chi connectivity index (χ3n) is 1.92. The Hall–Kier alpha value is -1.47. The van der Waals surface area contributed by atoms with Crippen LogP contribution < -0.4 is 5.32 Å². The molecule has 2 aromatic heterocycles. The van der Waals surface area contributed by atoms with Gasteiger partial charge in [-0.2, -0.15) is 0 Å². The van der Waals surface area contributed by atoms with E-state index in [-0.39, 0.29) is 5.69 Å². The smallest absolute Gasteiger partial charge is 0.357 e. The highest BCUT2D eigenvalue weighted by Crippen LogP contribution is 2.19. The molecule has 0 aliphatic carbocycles. The molecule has 16 heavy (non-hydrogen) atoms. The molecule has 0 aromatic carbocycles. The lowest BCUT2D eigenvalue weighted by Gasteiger charge is -2.02. The molecular formula is C9H9N3O2S2. The summed E-state index contributed by atoms with van der Waals surface area (Å²) in [6.07, 6.45) is 0.778. The molecule has 0 unspecified atom stereocenters. The van der Waals surface area contributed by atoms with E-state index in [9.17, 15) is 4.79 Å². The van der Waals surface area contributed by atoms with Gasteiger partial charge >= 0.3 is 5.97 Å². The Morgan fingerprint density at radius 1 is 1.44 bits per heavy atom. The molecule has 84 valence electrons. The number of thiazole rings is 2. The Morgan fingerprint density at radius 3 is 3.00 bits per heavy atom. The van der Waals surface area contributed by atoms with E-state index < -0.39 is 5.97 Å². The molecule has 0 fully saturated rings. The zero-order chi connectivity index (χ0) is 11.4. The highest BCUT2D eigenvalue weighted by atomic mass is 32.1. The van der Waals surface area contributed by atoms with Crippen molar-refractivity contribution >= 4 is 33.6 Å². The van der Waals surface area contributed by atoms with Gasteiger partial charge < -0.3 is 10.4 Å². The van der Waals surface area contributed by atoms with Gasteiger partial charge in [-0.15, -0.1) is 22.7 Å². The summed E-state index contributed by atoms with van der Waals surface area (Å²) >= 11 is 2.85. The van der Waals surface area contributed by atoms with E-state index in [1.165, 1.54) is 16.8 Å². The van der Waals surface area contributed by atoms with Crippen molar-refractivity contribution in [3.05, 3.63) is 27.8 Å². The Kier molecular flexibility index (Phi) is 3.47. The average Bonchev–Trinajstić information content (AvgIpc) is 2.87. The summed E-state index contributed by atoms with van der Waals surface area (Å²) in [4.78, 5) is 18.7. The van der Waals surface area contributed by atoms with Crippen LogP contribution in [0.2, 0.25) is 0 Å². The topological polar surface area (TPSA) is 75.1 Å². The first-order chi connectivity index (χ1) is 7.77. The van der Waals surface area contributed by atoms with Crippen LogP contribution in [0, 0.1) is 0 Å². The fraction of sp³-hybridized carbons (Fsp3) is 0.222.